The number of unbranched alkanes of at least 4 members (excludes halogenated alkanes) is 1. The van der Waals surface area contributed by atoms with Gasteiger partial charge in [-0.25, -0.2) is 0 Å². The number of rotatable bonds is 5. The molecule has 1 unspecified atom stereocenters. The first-order valence-corrected chi connectivity index (χ1v) is 5.83. The highest BCUT2D eigenvalue weighted by Crippen LogP contribution is 2.36. The van der Waals surface area contributed by atoms with E-state index in [2.05, 4.69) is 0 Å². The summed E-state index contributed by atoms with van der Waals surface area (Å²) in [5, 5.41) is 0. The average Bonchev–Trinajstić information content (AvgIpc) is 2.28. The quantitative estimate of drug-likeness (QED) is 0.864. The van der Waals surface area contributed by atoms with Crippen LogP contribution in [0, 0.1) is 0 Å². The van der Waals surface area contributed by atoms with Crippen molar-refractivity contribution in [2.75, 3.05) is 0 Å². The number of benzene rings is 1. The number of halogens is 3. The second kappa shape index (κ2) is 5.89. The summed E-state index contributed by atoms with van der Waals surface area (Å²) in [6, 6.07) is 5.11. The smallest absolute Gasteiger partial charge is 0.369 e. The van der Waals surface area contributed by atoms with Crippen LogP contribution < -0.4 is 5.73 Å². The molecular weight excluding hydrogens is 243 g/mol. The summed E-state index contributed by atoms with van der Waals surface area (Å²) in [6.45, 7) is 1.91. The Bertz CT molecular complexity index is 415. The number of hydrogen-bond donors (Lipinski definition) is 1. The zero-order chi connectivity index (χ0) is 13.8. The molecule has 5 heteroatoms. The number of hydrogen-bond acceptors (Lipinski definition) is 1. The van der Waals surface area contributed by atoms with Crippen molar-refractivity contribution in [3.8, 4) is 0 Å². The molecule has 0 spiro atoms. The molecule has 0 aromatic heterocycles. The molecule has 2 nitrogen and oxygen atoms in total. The van der Waals surface area contributed by atoms with Gasteiger partial charge in [0.1, 0.15) is 0 Å². The Morgan fingerprint density at radius 2 is 1.94 bits per heavy atom. The molecule has 1 atom stereocenters. The van der Waals surface area contributed by atoms with Crippen LogP contribution in [0.4, 0.5) is 13.2 Å². The summed E-state index contributed by atoms with van der Waals surface area (Å²) in [6.07, 6.45) is -2.65. The van der Waals surface area contributed by atoms with Crippen LogP contribution in [0.3, 0.4) is 0 Å². The topological polar surface area (TPSA) is 43.1 Å². The maximum Gasteiger partial charge on any atom is 0.416 e. The Hall–Kier alpha value is -1.52. The standard InChI is InChI=1S/C13H16F3NO/c1-2-3-6-10(12(17)18)9-7-4-5-8-11(9)13(14,15)16/h4-5,7-8,10H,2-3,6H2,1H3,(H2,17,18). The first-order chi connectivity index (χ1) is 8.38. The van der Waals surface area contributed by atoms with Gasteiger partial charge in [-0.1, -0.05) is 38.0 Å². The van der Waals surface area contributed by atoms with Crippen LogP contribution in [-0.4, -0.2) is 5.91 Å². The van der Waals surface area contributed by atoms with E-state index in [0.29, 0.717) is 12.8 Å². The molecule has 0 saturated heterocycles. The van der Waals surface area contributed by atoms with Crippen molar-refractivity contribution in [1.29, 1.82) is 0 Å². The van der Waals surface area contributed by atoms with Crippen LogP contribution in [-0.2, 0) is 11.0 Å². The van der Waals surface area contributed by atoms with Crippen molar-refractivity contribution < 1.29 is 18.0 Å². The van der Waals surface area contributed by atoms with Gasteiger partial charge < -0.3 is 5.73 Å². The Kier molecular flexibility index (Phi) is 4.76. The molecule has 0 aliphatic carbocycles. The molecule has 0 fully saturated rings. The minimum Gasteiger partial charge on any atom is -0.369 e. The third-order valence-electron chi connectivity index (χ3n) is 2.83. The van der Waals surface area contributed by atoms with Gasteiger partial charge in [0.2, 0.25) is 5.91 Å². The number of carbonyl (C=O) groups is 1. The molecule has 0 radical (unpaired) electrons. The van der Waals surface area contributed by atoms with Crippen LogP contribution in [0.15, 0.2) is 24.3 Å². The Labute approximate surface area is 104 Å². The fraction of sp³-hybridized carbons (Fsp3) is 0.462. The van der Waals surface area contributed by atoms with Crippen molar-refractivity contribution in [3.63, 3.8) is 0 Å². The highest BCUT2D eigenvalue weighted by atomic mass is 19.4. The molecule has 0 bridgehead atoms. The Balaban J connectivity index is 3.16. The fourth-order valence-electron chi connectivity index (χ4n) is 1.92. The van der Waals surface area contributed by atoms with Gasteiger partial charge in [-0.15, -0.1) is 0 Å². The van der Waals surface area contributed by atoms with Crippen LogP contribution in [0.2, 0.25) is 0 Å². The lowest BCUT2D eigenvalue weighted by Crippen LogP contribution is -2.24. The van der Waals surface area contributed by atoms with Gasteiger partial charge in [0, 0.05) is 0 Å². The molecule has 1 aromatic carbocycles. The van der Waals surface area contributed by atoms with Gasteiger partial charge in [-0.05, 0) is 18.1 Å². The summed E-state index contributed by atoms with van der Waals surface area (Å²) in [4.78, 5) is 11.3. The van der Waals surface area contributed by atoms with Gasteiger partial charge in [-0.2, -0.15) is 13.2 Å². The van der Waals surface area contributed by atoms with Gasteiger partial charge >= 0.3 is 6.18 Å². The molecule has 0 heterocycles. The molecule has 0 aliphatic heterocycles. The Morgan fingerprint density at radius 1 is 1.33 bits per heavy atom. The summed E-state index contributed by atoms with van der Waals surface area (Å²) >= 11 is 0. The third kappa shape index (κ3) is 3.48. The van der Waals surface area contributed by atoms with Crippen molar-refractivity contribution in [3.05, 3.63) is 35.4 Å². The zero-order valence-electron chi connectivity index (χ0n) is 10.1. The Morgan fingerprint density at radius 3 is 2.44 bits per heavy atom. The SMILES string of the molecule is CCCCC(C(N)=O)c1ccccc1C(F)(F)F. The molecule has 1 rings (SSSR count). The van der Waals surface area contributed by atoms with E-state index in [4.69, 9.17) is 5.73 Å². The fourth-order valence-corrected chi connectivity index (χ4v) is 1.92. The van der Waals surface area contributed by atoms with Crippen LogP contribution in [0.1, 0.15) is 43.2 Å². The second-order valence-electron chi connectivity index (χ2n) is 4.18. The molecule has 18 heavy (non-hydrogen) atoms. The zero-order valence-corrected chi connectivity index (χ0v) is 10.1. The van der Waals surface area contributed by atoms with Crippen molar-refractivity contribution >= 4 is 5.91 Å². The van der Waals surface area contributed by atoms with Gasteiger partial charge in [-0.3, -0.25) is 4.79 Å². The summed E-state index contributed by atoms with van der Waals surface area (Å²) in [5.41, 5.74) is 4.42. The normalized spacial score (nSPS) is 13.3. The van der Waals surface area contributed by atoms with E-state index in [0.717, 1.165) is 12.5 Å². The molecule has 100 valence electrons. The summed E-state index contributed by atoms with van der Waals surface area (Å²) in [5.74, 6) is -1.58. The number of alkyl halides is 3. The molecule has 1 amide bonds. The van der Waals surface area contributed by atoms with Crippen LogP contribution in [0.25, 0.3) is 0 Å². The second-order valence-corrected chi connectivity index (χ2v) is 4.18. The number of amides is 1. The third-order valence-corrected chi connectivity index (χ3v) is 2.83. The molecule has 0 saturated carbocycles. The number of nitrogens with two attached hydrogens (primary N) is 1. The number of primary amides is 1. The monoisotopic (exact) mass is 259 g/mol. The lowest BCUT2D eigenvalue weighted by Gasteiger charge is -2.19. The summed E-state index contributed by atoms with van der Waals surface area (Å²) in [7, 11) is 0. The highest BCUT2D eigenvalue weighted by Gasteiger charge is 2.35. The van der Waals surface area contributed by atoms with Crippen molar-refractivity contribution in [2.24, 2.45) is 5.73 Å². The first kappa shape index (κ1) is 14.5. The summed E-state index contributed by atoms with van der Waals surface area (Å²) < 4.78 is 38.5. The van der Waals surface area contributed by atoms with E-state index in [1.54, 1.807) is 0 Å². The average molecular weight is 259 g/mol. The van der Waals surface area contributed by atoms with E-state index in [9.17, 15) is 18.0 Å². The lowest BCUT2D eigenvalue weighted by atomic mass is 9.89. The maximum atomic E-state index is 12.8. The van der Waals surface area contributed by atoms with Crippen molar-refractivity contribution in [2.45, 2.75) is 38.3 Å². The van der Waals surface area contributed by atoms with E-state index in [1.807, 2.05) is 6.92 Å². The van der Waals surface area contributed by atoms with Gasteiger partial charge in [0.25, 0.3) is 0 Å². The van der Waals surface area contributed by atoms with Crippen LogP contribution in [0.5, 0.6) is 0 Å². The minimum absolute atomic E-state index is 0.0223. The molecule has 0 aliphatic rings. The molecular formula is C13H16F3NO. The first-order valence-electron chi connectivity index (χ1n) is 5.83. The van der Waals surface area contributed by atoms with E-state index in [1.165, 1.54) is 18.2 Å². The predicted octanol–water partition coefficient (Wildman–Crippen LogP) is 3.46. The largest absolute Gasteiger partial charge is 0.416 e. The minimum atomic E-state index is -4.46. The van der Waals surface area contributed by atoms with E-state index >= 15 is 0 Å². The lowest BCUT2D eigenvalue weighted by molar-refractivity contribution is -0.138. The molecule has 2 N–H and O–H groups in total. The van der Waals surface area contributed by atoms with Gasteiger partial charge in [0.15, 0.2) is 0 Å². The van der Waals surface area contributed by atoms with E-state index < -0.39 is 23.6 Å². The van der Waals surface area contributed by atoms with Crippen LogP contribution >= 0.6 is 0 Å². The highest BCUT2D eigenvalue weighted by molar-refractivity contribution is 5.82. The maximum absolute atomic E-state index is 12.8. The van der Waals surface area contributed by atoms with Crippen molar-refractivity contribution in [1.82, 2.24) is 0 Å². The van der Waals surface area contributed by atoms with E-state index in [-0.39, 0.29) is 5.56 Å². The molecule has 1 aromatic rings. The van der Waals surface area contributed by atoms with Gasteiger partial charge in [0.05, 0.1) is 11.5 Å². The predicted molar refractivity (Wildman–Crippen MR) is 62.9 cm³/mol. The number of carbonyl (C=O) groups excluding carboxylic acids is 1.